The standard InChI is InChI=1S/C17H14N4O2/c22-16(13-7-6-12-8-9-18-11-14(12)10-13)20-17(21-23)19-15-4-2-1-3-5-15/h1-10,18H,11H2,(H,19,20,22). The quantitative estimate of drug-likeness (QED) is 0.508. The van der Waals surface area contributed by atoms with Gasteiger partial charge in [0.15, 0.2) is 0 Å². The maximum absolute atomic E-state index is 12.3. The third kappa shape index (κ3) is 3.49. The van der Waals surface area contributed by atoms with Crippen LogP contribution in [-0.4, -0.2) is 11.9 Å². The van der Waals surface area contributed by atoms with Gasteiger partial charge in [-0.15, -0.1) is 4.91 Å². The summed E-state index contributed by atoms with van der Waals surface area (Å²) in [7, 11) is 0. The molecule has 0 aliphatic carbocycles. The van der Waals surface area contributed by atoms with Crippen LogP contribution in [0, 0.1) is 4.91 Å². The number of benzene rings is 2. The van der Waals surface area contributed by atoms with Gasteiger partial charge in [-0.25, -0.2) is 4.99 Å². The Kier molecular flexibility index (Phi) is 4.24. The molecule has 0 bridgehead atoms. The van der Waals surface area contributed by atoms with Gasteiger partial charge < -0.3 is 5.32 Å². The number of amides is 1. The van der Waals surface area contributed by atoms with E-state index >= 15 is 0 Å². The Morgan fingerprint density at radius 3 is 2.74 bits per heavy atom. The highest BCUT2D eigenvalue weighted by molar-refractivity contribution is 6.06. The summed E-state index contributed by atoms with van der Waals surface area (Å²) in [6.07, 6.45) is 3.80. The molecule has 0 saturated carbocycles. The highest BCUT2D eigenvalue weighted by Gasteiger charge is 2.12. The average molecular weight is 306 g/mol. The van der Waals surface area contributed by atoms with Crippen LogP contribution < -0.4 is 10.6 Å². The van der Waals surface area contributed by atoms with E-state index in [0.29, 0.717) is 17.8 Å². The number of hydrogen-bond acceptors (Lipinski definition) is 4. The molecule has 0 fully saturated rings. The van der Waals surface area contributed by atoms with Crippen molar-refractivity contribution in [3.63, 3.8) is 0 Å². The lowest BCUT2D eigenvalue weighted by molar-refractivity contribution is 0.0976. The van der Waals surface area contributed by atoms with Crippen LogP contribution in [0.5, 0.6) is 0 Å². The third-order valence-corrected chi connectivity index (χ3v) is 3.38. The molecule has 2 aromatic carbocycles. The third-order valence-electron chi connectivity index (χ3n) is 3.38. The first-order valence-electron chi connectivity index (χ1n) is 7.07. The molecule has 6 heteroatoms. The Bertz CT molecular complexity index is 797. The molecular formula is C17H14N4O2. The van der Waals surface area contributed by atoms with Crippen LogP contribution in [0.15, 0.2) is 64.9 Å². The molecule has 1 aliphatic rings. The number of aliphatic imine (C=N–C) groups is 1. The fourth-order valence-corrected chi connectivity index (χ4v) is 2.25. The van der Waals surface area contributed by atoms with E-state index in [9.17, 15) is 9.70 Å². The maximum Gasteiger partial charge on any atom is 0.272 e. The van der Waals surface area contributed by atoms with Gasteiger partial charge in [0.05, 0.1) is 5.69 Å². The minimum Gasteiger partial charge on any atom is -0.387 e. The minimum absolute atomic E-state index is 0.267. The monoisotopic (exact) mass is 306 g/mol. The van der Waals surface area contributed by atoms with Gasteiger partial charge >= 0.3 is 0 Å². The topological polar surface area (TPSA) is 82.9 Å². The molecule has 23 heavy (non-hydrogen) atoms. The molecule has 3 rings (SSSR count). The summed E-state index contributed by atoms with van der Waals surface area (Å²) in [6, 6.07) is 14.2. The van der Waals surface area contributed by atoms with Crippen LogP contribution in [0.1, 0.15) is 21.5 Å². The van der Waals surface area contributed by atoms with Crippen molar-refractivity contribution >= 4 is 23.6 Å². The molecule has 0 saturated heterocycles. The zero-order valence-corrected chi connectivity index (χ0v) is 12.2. The van der Waals surface area contributed by atoms with E-state index in [1.807, 2.05) is 24.4 Å². The Labute approximate surface area is 132 Å². The van der Waals surface area contributed by atoms with Crippen molar-refractivity contribution in [2.24, 2.45) is 10.2 Å². The van der Waals surface area contributed by atoms with Gasteiger partial charge in [0, 0.05) is 17.3 Å². The van der Waals surface area contributed by atoms with E-state index < -0.39 is 5.91 Å². The number of para-hydroxylation sites is 1. The first-order valence-corrected chi connectivity index (χ1v) is 7.07. The largest absolute Gasteiger partial charge is 0.387 e. The van der Waals surface area contributed by atoms with E-state index in [4.69, 9.17) is 0 Å². The summed E-state index contributed by atoms with van der Waals surface area (Å²) >= 11 is 0. The molecule has 1 amide bonds. The normalized spacial score (nSPS) is 13.0. The van der Waals surface area contributed by atoms with Crippen LogP contribution in [0.2, 0.25) is 0 Å². The fraction of sp³-hybridized carbons (Fsp3) is 0.0588. The number of guanidine groups is 1. The predicted molar refractivity (Wildman–Crippen MR) is 89.1 cm³/mol. The molecule has 0 atom stereocenters. The van der Waals surface area contributed by atoms with E-state index in [1.54, 1.807) is 36.4 Å². The Balaban J connectivity index is 1.79. The first kappa shape index (κ1) is 14.6. The number of hydrogen-bond donors (Lipinski definition) is 2. The van der Waals surface area contributed by atoms with Crippen molar-refractivity contribution in [1.29, 1.82) is 0 Å². The fourth-order valence-electron chi connectivity index (χ4n) is 2.25. The minimum atomic E-state index is -0.420. The van der Waals surface area contributed by atoms with Crippen molar-refractivity contribution < 1.29 is 4.79 Å². The highest BCUT2D eigenvalue weighted by Crippen LogP contribution is 2.17. The number of nitrogens with one attached hydrogen (secondary N) is 2. The van der Waals surface area contributed by atoms with Crippen LogP contribution in [0.4, 0.5) is 5.69 Å². The molecule has 114 valence electrons. The molecule has 2 N–H and O–H groups in total. The predicted octanol–water partition coefficient (Wildman–Crippen LogP) is 2.94. The lowest BCUT2D eigenvalue weighted by Gasteiger charge is -2.13. The van der Waals surface area contributed by atoms with Gasteiger partial charge in [0.1, 0.15) is 0 Å². The number of nitroso groups, excluding NO2 is 1. The van der Waals surface area contributed by atoms with Crippen molar-refractivity contribution in [3.8, 4) is 0 Å². The molecule has 0 radical (unpaired) electrons. The summed E-state index contributed by atoms with van der Waals surface area (Å²) < 4.78 is 0. The van der Waals surface area contributed by atoms with Crippen molar-refractivity contribution in [2.75, 3.05) is 0 Å². The van der Waals surface area contributed by atoms with E-state index in [2.05, 4.69) is 20.8 Å². The molecular weight excluding hydrogens is 292 g/mol. The van der Waals surface area contributed by atoms with Crippen molar-refractivity contribution in [2.45, 2.75) is 6.54 Å². The van der Waals surface area contributed by atoms with Crippen LogP contribution in [0.25, 0.3) is 6.08 Å². The Hall–Kier alpha value is -3.28. The number of carbonyl (C=O) groups is 1. The molecule has 2 aromatic rings. The second-order valence-corrected chi connectivity index (χ2v) is 4.94. The summed E-state index contributed by atoms with van der Waals surface area (Å²) in [5.41, 5.74) is 3.07. The average Bonchev–Trinajstić information content (AvgIpc) is 2.61. The van der Waals surface area contributed by atoms with Crippen LogP contribution >= 0.6 is 0 Å². The van der Waals surface area contributed by atoms with Gasteiger partial charge in [0.2, 0.25) is 0 Å². The van der Waals surface area contributed by atoms with E-state index in [1.165, 1.54) is 0 Å². The van der Waals surface area contributed by atoms with Gasteiger partial charge in [-0.05, 0) is 47.7 Å². The lowest BCUT2D eigenvalue weighted by Crippen LogP contribution is -2.29. The Morgan fingerprint density at radius 2 is 1.96 bits per heavy atom. The van der Waals surface area contributed by atoms with Crippen molar-refractivity contribution in [1.82, 2.24) is 10.6 Å². The summed E-state index contributed by atoms with van der Waals surface area (Å²) in [5, 5.41) is 8.30. The number of nitrogens with zero attached hydrogens (tertiary/aromatic N) is 2. The molecule has 0 unspecified atom stereocenters. The van der Waals surface area contributed by atoms with Gasteiger partial charge in [-0.1, -0.05) is 24.3 Å². The number of fused-ring (bicyclic) bond motifs is 1. The molecule has 1 heterocycles. The molecule has 0 aromatic heterocycles. The first-order chi connectivity index (χ1) is 11.3. The maximum atomic E-state index is 12.3. The van der Waals surface area contributed by atoms with Crippen molar-refractivity contribution in [3.05, 3.63) is 76.3 Å². The SMILES string of the molecule is O=NC(=Nc1ccccc1)NC(=O)c1ccc2c(c1)CNC=C2. The molecule has 1 aliphatic heterocycles. The molecule has 0 spiro atoms. The van der Waals surface area contributed by atoms with E-state index in [-0.39, 0.29) is 5.96 Å². The summed E-state index contributed by atoms with van der Waals surface area (Å²) in [5.74, 6) is -0.687. The van der Waals surface area contributed by atoms with Crippen LogP contribution in [0.3, 0.4) is 0 Å². The summed E-state index contributed by atoms with van der Waals surface area (Å²) in [4.78, 5) is 27.2. The van der Waals surface area contributed by atoms with Crippen LogP contribution in [-0.2, 0) is 6.54 Å². The lowest BCUT2D eigenvalue weighted by atomic mass is 10.0. The van der Waals surface area contributed by atoms with Gasteiger partial charge in [0.25, 0.3) is 11.9 Å². The van der Waals surface area contributed by atoms with E-state index in [0.717, 1.165) is 11.1 Å². The van der Waals surface area contributed by atoms with Gasteiger partial charge in [-0.2, -0.15) is 0 Å². The zero-order valence-electron chi connectivity index (χ0n) is 12.2. The second-order valence-electron chi connectivity index (χ2n) is 4.94. The second kappa shape index (κ2) is 6.65. The Morgan fingerprint density at radius 1 is 1.13 bits per heavy atom. The summed E-state index contributed by atoms with van der Waals surface area (Å²) in [6.45, 7) is 0.657. The molecule has 6 nitrogen and oxygen atoms in total. The number of carbonyl (C=O) groups excluding carboxylic acids is 1. The zero-order chi connectivity index (χ0) is 16.1. The number of rotatable bonds is 2. The van der Waals surface area contributed by atoms with Gasteiger partial charge in [-0.3, -0.25) is 10.1 Å². The highest BCUT2D eigenvalue weighted by atomic mass is 16.3. The smallest absolute Gasteiger partial charge is 0.272 e.